The fourth-order valence-electron chi connectivity index (χ4n) is 4.57. The van der Waals surface area contributed by atoms with Crippen LogP contribution in [0.4, 0.5) is 5.69 Å². The van der Waals surface area contributed by atoms with Crippen LogP contribution in [0.25, 0.3) is 16.7 Å². The SMILES string of the molecule is COc1ccc(C)cc1/C(O)=C1\C(=O)C(=O)N(c2ccc(C)cc2)C1c1c[nH]c2ccccc12. The lowest BCUT2D eigenvalue weighted by molar-refractivity contribution is -0.132. The molecule has 2 N–H and O–H groups in total. The minimum absolute atomic E-state index is 0.0271. The van der Waals surface area contributed by atoms with Gasteiger partial charge in [-0.3, -0.25) is 14.5 Å². The van der Waals surface area contributed by atoms with Gasteiger partial charge in [0.05, 0.1) is 24.3 Å². The maximum Gasteiger partial charge on any atom is 0.300 e. The summed E-state index contributed by atoms with van der Waals surface area (Å²) in [6.07, 6.45) is 1.79. The summed E-state index contributed by atoms with van der Waals surface area (Å²) < 4.78 is 5.45. The Kier molecular flexibility index (Phi) is 5.21. The van der Waals surface area contributed by atoms with E-state index in [4.69, 9.17) is 4.74 Å². The molecule has 1 aliphatic rings. The molecule has 34 heavy (non-hydrogen) atoms. The number of nitrogens with one attached hydrogen (secondary N) is 1. The number of aromatic amines is 1. The predicted molar refractivity (Wildman–Crippen MR) is 132 cm³/mol. The van der Waals surface area contributed by atoms with Crippen molar-refractivity contribution in [1.82, 2.24) is 4.98 Å². The molecule has 1 fully saturated rings. The topological polar surface area (TPSA) is 82.6 Å². The number of benzene rings is 3. The van der Waals surface area contributed by atoms with Crippen molar-refractivity contribution in [3.8, 4) is 5.75 Å². The van der Waals surface area contributed by atoms with Gasteiger partial charge in [-0.05, 0) is 44.2 Å². The highest BCUT2D eigenvalue weighted by atomic mass is 16.5. The molecule has 1 aliphatic heterocycles. The number of anilines is 1. The van der Waals surface area contributed by atoms with E-state index in [1.165, 1.54) is 12.0 Å². The molecule has 4 aromatic rings. The second-order valence-electron chi connectivity index (χ2n) is 8.50. The van der Waals surface area contributed by atoms with Gasteiger partial charge < -0.3 is 14.8 Å². The maximum atomic E-state index is 13.4. The summed E-state index contributed by atoms with van der Waals surface area (Å²) in [5, 5.41) is 12.4. The van der Waals surface area contributed by atoms with Crippen molar-refractivity contribution in [2.24, 2.45) is 0 Å². The molecule has 0 radical (unpaired) electrons. The van der Waals surface area contributed by atoms with Crippen LogP contribution < -0.4 is 9.64 Å². The van der Waals surface area contributed by atoms with Gasteiger partial charge in [0.2, 0.25) is 0 Å². The van der Waals surface area contributed by atoms with Crippen LogP contribution >= 0.6 is 0 Å². The number of para-hydroxylation sites is 1. The fourth-order valence-corrected chi connectivity index (χ4v) is 4.57. The number of amides is 1. The Morgan fingerprint density at radius 2 is 1.68 bits per heavy atom. The number of aliphatic hydroxyl groups is 1. The van der Waals surface area contributed by atoms with E-state index in [2.05, 4.69) is 4.98 Å². The number of aryl methyl sites for hydroxylation is 2. The number of hydrogen-bond acceptors (Lipinski definition) is 4. The van der Waals surface area contributed by atoms with E-state index in [1.807, 2.05) is 68.4 Å². The van der Waals surface area contributed by atoms with Crippen LogP contribution in [0, 0.1) is 13.8 Å². The normalized spacial score (nSPS) is 17.5. The average Bonchev–Trinajstić information content (AvgIpc) is 3.38. The van der Waals surface area contributed by atoms with Crippen molar-refractivity contribution in [3.63, 3.8) is 0 Å². The minimum atomic E-state index is -0.816. The zero-order chi connectivity index (χ0) is 24.0. The molecule has 6 heteroatoms. The number of aromatic nitrogens is 1. The van der Waals surface area contributed by atoms with Crippen molar-refractivity contribution < 1.29 is 19.4 Å². The number of ether oxygens (including phenoxy) is 1. The quantitative estimate of drug-likeness (QED) is 0.246. The van der Waals surface area contributed by atoms with Crippen LogP contribution in [0.1, 0.15) is 28.3 Å². The van der Waals surface area contributed by atoms with Gasteiger partial charge in [-0.2, -0.15) is 0 Å². The van der Waals surface area contributed by atoms with E-state index in [0.29, 0.717) is 17.0 Å². The van der Waals surface area contributed by atoms with Crippen LogP contribution in [0.2, 0.25) is 0 Å². The van der Waals surface area contributed by atoms with Crippen molar-refractivity contribution >= 4 is 34.0 Å². The molecule has 2 heterocycles. The highest BCUT2D eigenvalue weighted by Crippen LogP contribution is 2.45. The molecule has 1 atom stereocenters. The van der Waals surface area contributed by atoms with Gasteiger partial charge in [-0.25, -0.2) is 0 Å². The highest BCUT2D eigenvalue weighted by Gasteiger charge is 2.48. The predicted octanol–water partition coefficient (Wildman–Crippen LogP) is 5.42. The Bertz CT molecular complexity index is 1460. The van der Waals surface area contributed by atoms with Gasteiger partial charge in [0, 0.05) is 28.4 Å². The molecular weight excluding hydrogens is 428 g/mol. The first-order valence-electron chi connectivity index (χ1n) is 11.0. The first kappa shape index (κ1) is 21.5. The zero-order valence-corrected chi connectivity index (χ0v) is 19.1. The van der Waals surface area contributed by atoms with Gasteiger partial charge in [0.25, 0.3) is 11.7 Å². The molecular formula is C28H24N2O4. The maximum absolute atomic E-state index is 13.4. The van der Waals surface area contributed by atoms with Gasteiger partial charge >= 0.3 is 0 Å². The number of methoxy groups -OCH3 is 1. The average molecular weight is 453 g/mol. The van der Waals surface area contributed by atoms with Gasteiger partial charge in [0.1, 0.15) is 11.5 Å². The Labute approximate surface area is 197 Å². The Morgan fingerprint density at radius 3 is 2.41 bits per heavy atom. The van der Waals surface area contributed by atoms with E-state index in [1.54, 1.807) is 18.3 Å². The number of carbonyl (C=O) groups is 2. The molecule has 5 rings (SSSR count). The first-order chi connectivity index (χ1) is 16.4. The Morgan fingerprint density at radius 1 is 0.971 bits per heavy atom. The number of aliphatic hydroxyl groups excluding tert-OH is 1. The van der Waals surface area contributed by atoms with E-state index in [-0.39, 0.29) is 11.3 Å². The number of ketones is 1. The molecule has 6 nitrogen and oxygen atoms in total. The van der Waals surface area contributed by atoms with Crippen molar-refractivity contribution in [2.75, 3.05) is 12.0 Å². The molecule has 1 aromatic heterocycles. The molecule has 1 unspecified atom stereocenters. The van der Waals surface area contributed by atoms with E-state index in [0.717, 1.165) is 27.6 Å². The summed E-state index contributed by atoms with van der Waals surface area (Å²) in [6.45, 7) is 3.84. The summed E-state index contributed by atoms with van der Waals surface area (Å²) in [6, 6.07) is 19.6. The lowest BCUT2D eigenvalue weighted by Gasteiger charge is -2.25. The summed E-state index contributed by atoms with van der Waals surface area (Å²) in [5.74, 6) is -1.27. The van der Waals surface area contributed by atoms with Crippen LogP contribution in [-0.2, 0) is 9.59 Å². The standard InChI is InChI=1S/C28H24N2O4/c1-16-8-11-18(12-9-16)30-25(21-15-29-22-7-5-4-6-19(21)22)24(27(32)28(30)33)26(31)20-14-17(2)10-13-23(20)34-3/h4-15,25,29,31H,1-3H3/b26-24+. The summed E-state index contributed by atoms with van der Waals surface area (Å²) in [5.41, 5.74) is 4.50. The molecule has 0 spiro atoms. The van der Waals surface area contributed by atoms with Gasteiger partial charge in [0.15, 0.2) is 0 Å². The van der Waals surface area contributed by atoms with Crippen LogP contribution in [0.5, 0.6) is 5.75 Å². The number of H-pyrrole nitrogens is 1. The summed E-state index contributed by atoms with van der Waals surface area (Å²) in [4.78, 5) is 31.5. The third kappa shape index (κ3) is 3.35. The second-order valence-corrected chi connectivity index (χ2v) is 8.50. The van der Waals surface area contributed by atoms with Crippen LogP contribution in [-0.4, -0.2) is 28.9 Å². The third-order valence-electron chi connectivity index (χ3n) is 6.28. The molecule has 3 aromatic carbocycles. The Balaban J connectivity index is 1.80. The van der Waals surface area contributed by atoms with Crippen molar-refractivity contribution in [1.29, 1.82) is 0 Å². The number of nitrogens with zero attached hydrogens (tertiary/aromatic N) is 1. The largest absolute Gasteiger partial charge is 0.507 e. The number of Topliss-reactive ketones (excluding diaryl/α,β-unsaturated/α-hetero) is 1. The molecule has 0 saturated carbocycles. The first-order valence-corrected chi connectivity index (χ1v) is 11.0. The lowest BCUT2D eigenvalue weighted by Crippen LogP contribution is -2.29. The number of fused-ring (bicyclic) bond motifs is 1. The molecule has 170 valence electrons. The lowest BCUT2D eigenvalue weighted by atomic mass is 9.94. The van der Waals surface area contributed by atoms with Gasteiger partial charge in [-0.1, -0.05) is 47.5 Å². The molecule has 0 aliphatic carbocycles. The zero-order valence-electron chi connectivity index (χ0n) is 19.1. The smallest absolute Gasteiger partial charge is 0.300 e. The summed E-state index contributed by atoms with van der Waals surface area (Å²) in [7, 11) is 1.50. The van der Waals surface area contributed by atoms with Crippen molar-refractivity contribution in [2.45, 2.75) is 19.9 Å². The fraction of sp³-hybridized carbons (Fsp3) is 0.143. The molecule has 0 bridgehead atoms. The second kappa shape index (κ2) is 8.23. The van der Waals surface area contributed by atoms with Gasteiger partial charge in [-0.15, -0.1) is 0 Å². The van der Waals surface area contributed by atoms with E-state index < -0.39 is 17.7 Å². The third-order valence-corrected chi connectivity index (χ3v) is 6.28. The Hall–Kier alpha value is -4.32. The van der Waals surface area contributed by atoms with E-state index >= 15 is 0 Å². The number of carbonyl (C=O) groups excluding carboxylic acids is 2. The summed E-state index contributed by atoms with van der Waals surface area (Å²) >= 11 is 0. The van der Waals surface area contributed by atoms with Crippen LogP contribution in [0.3, 0.4) is 0 Å². The molecule has 1 saturated heterocycles. The van der Waals surface area contributed by atoms with Crippen LogP contribution in [0.15, 0.2) is 78.5 Å². The number of hydrogen-bond donors (Lipinski definition) is 2. The highest BCUT2D eigenvalue weighted by molar-refractivity contribution is 6.52. The van der Waals surface area contributed by atoms with E-state index in [9.17, 15) is 14.7 Å². The van der Waals surface area contributed by atoms with Crippen molar-refractivity contribution in [3.05, 3.63) is 101 Å². The monoisotopic (exact) mass is 452 g/mol. The molecule has 1 amide bonds. The number of rotatable bonds is 4. The minimum Gasteiger partial charge on any atom is -0.507 e.